The second-order valence-electron chi connectivity index (χ2n) is 5.64. The molecule has 4 nitrogen and oxygen atoms in total. The summed E-state index contributed by atoms with van der Waals surface area (Å²) in [7, 11) is 0. The van der Waals surface area contributed by atoms with Crippen molar-refractivity contribution in [2.75, 3.05) is 30.4 Å². The lowest BCUT2D eigenvalue weighted by Crippen LogP contribution is -2.51. The number of thioether (sulfide) groups is 1. The number of fused-ring (bicyclic) bond motifs is 1. The highest BCUT2D eigenvalue weighted by molar-refractivity contribution is 7.99. The molecule has 1 amide bonds. The quantitative estimate of drug-likeness (QED) is 0.755. The Hall–Kier alpha value is -1.25. The minimum Gasteiger partial charge on any atom is -0.380 e. The van der Waals surface area contributed by atoms with Crippen LogP contribution in [-0.2, 0) is 15.7 Å². The van der Waals surface area contributed by atoms with Crippen molar-refractivity contribution in [1.82, 2.24) is 0 Å². The summed E-state index contributed by atoms with van der Waals surface area (Å²) in [5, 5.41) is -0.479. The summed E-state index contributed by atoms with van der Waals surface area (Å²) in [6.45, 7) is 1.11. The molecule has 124 valence electrons. The van der Waals surface area contributed by atoms with Crippen LogP contribution >= 0.6 is 23.4 Å². The van der Waals surface area contributed by atoms with Gasteiger partial charge in [0, 0.05) is 23.3 Å². The zero-order valence-electron chi connectivity index (χ0n) is 11.7. The lowest BCUT2D eigenvalue weighted by atomic mass is 9.87. The number of amides is 1. The Labute approximate surface area is 138 Å². The normalized spacial score (nSPS) is 19.7. The lowest BCUT2D eigenvalue weighted by Gasteiger charge is -2.41. The highest BCUT2D eigenvalue weighted by atomic mass is 35.5. The van der Waals surface area contributed by atoms with E-state index in [4.69, 9.17) is 16.3 Å². The summed E-state index contributed by atoms with van der Waals surface area (Å²) in [6, 6.07) is 0.695. The first-order chi connectivity index (χ1) is 10.8. The molecule has 1 saturated heterocycles. The van der Waals surface area contributed by atoms with Gasteiger partial charge in [0.05, 0.1) is 34.4 Å². The zero-order valence-corrected chi connectivity index (χ0v) is 13.2. The van der Waals surface area contributed by atoms with Gasteiger partial charge in [-0.05, 0) is 6.07 Å². The molecule has 0 N–H and O–H groups in total. The fourth-order valence-corrected chi connectivity index (χ4v) is 4.47. The van der Waals surface area contributed by atoms with Crippen LogP contribution in [0, 0.1) is 5.41 Å². The van der Waals surface area contributed by atoms with Gasteiger partial charge in [0.15, 0.2) is 6.29 Å². The molecule has 1 aromatic carbocycles. The van der Waals surface area contributed by atoms with E-state index in [1.54, 1.807) is 0 Å². The molecule has 0 atom stereocenters. The molecule has 0 aliphatic carbocycles. The Morgan fingerprint density at radius 1 is 1.35 bits per heavy atom. The maximum atomic E-state index is 13.1. The molecule has 2 aliphatic heterocycles. The minimum atomic E-state index is -4.68. The van der Waals surface area contributed by atoms with Crippen molar-refractivity contribution < 1.29 is 27.5 Å². The summed E-state index contributed by atoms with van der Waals surface area (Å²) in [5.41, 5.74) is -1.46. The Balaban J connectivity index is 2.20. The summed E-state index contributed by atoms with van der Waals surface area (Å²) < 4.78 is 44.6. The van der Waals surface area contributed by atoms with Crippen LogP contribution in [0.4, 0.5) is 18.9 Å². The van der Waals surface area contributed by atoms with Crippen molar-refractivity contribution in [1.29, 1.82) is 0 Å². The molecular formula is C14H11ClF3NO3S. The molecule has 1 fully saturated rings. The molecule has 0 bridgehead atoms. The van der Waals surface area contributed by atoms with Gasteiger partial charge >= 0.3 is 6.18 Å². The Morgan fingerprint density at radius 2 is 2.04 bits per heavy atom. The smallest absolute Gasteiger partial charge is 0.380 e. The molecule has 9 heteroatoms. The molecule has 1 spiro atoms. The SMILES string of the molecule is O=Cc1cc(C(F)(F)F)c(Cl)c2c1N(C=O)CC1(COC1)CS2. The monoisotopic (exact) mass is 365 g/mol. The highest BCUT2D eigenvalue weighted by Crippen LogP contribution is 2.50. The number of carbonyl (C=O) groups excluding carboxylic acids is 2. The Bertz CT molecular complexity index is 676. The van der Waals surface area contributed by atoms with Gasteiger partial charge in [-0.1, -0.05) is 11.6 Å². The number of benzene rings is 1. The number of halogens is 4. The van der Waals surface area contributed by atoms with Crippen LogP contribution in [0.2, 0.25) is 5.02 Å². The van der Waals surface area contributed by atoms with Gasteiger partial charge in [-0.3, -0.25) is 9.59 Å². The first kappa shape index (κ1) is 16.6. The average Bonchev–Trinajstić information content (AvgIpc) is 2.64. The molecular weight excluding hydrogens is 355 g/mol. The number of nitrogens with zero attached hydrogens (tertiary/aromatic N) is 1. The number of hydrogen-bond acceptors (Lipinski definition) is 4. The van der Waals surface area contributed by atoms with Crippen LogP contribution < -0.4 is 4.90 Å². The second-order valence-corrected chi connectivity index (χ2v) is 7.00. The molecule has 0 aromatic heterocycles. The third kappa shape index (κ3) is 2.72. The summed E-state index contributed by atoms with van der Waals surface area (Å²) in [6.07, 6.45) is -3.85. The van der Waals surface area contributed by atoms with Crippen molar-refractivity contribution in [3.63, 3.8) is 0 Å². The van der Waals surface area contributed by atoms with Crippen LogP contribution in [0.5, 0.6) is 0 Å². The van der Waals surface area contributed by atoms with Crippen LogP contribution in [0.1, 0.15) is 15.9 Å². The van der Waals surface area contributed by atoms with Crippen molar-refractivity contribution in [2.45, 2.75) is 11.1 Å². The number of hydrogen-bond donors (Lipinski definition) is 0. The third-order valence-electron chi connectivity index (χ3n) is 3.92. The summed E-state index contributed by atoms with van der Waals surface area (Å²) in [4.78, 5) is 24.1. The Morgan fingerprint density at radius 3 is 2.52 bits per heavy atom. The molecule has 1 aromatic rings. The summed E-state index contributed by atoms with van der Waals surface area (Å²) in [5.74, 6) is 0.462. The molecule has 2 aliphatic rings. The standard InChI is InChI=1S/C14H11ClF3NO3S/c15-10-9(14(16,17)18)1-8(2-20)11-12(10)23-6-13(4-22-5-13)3-19(11)7-21/h1-2,7H,3-6H2. The van der Waals surface area contributed by atoms with Crippen molar-refractivity contribution in [3.05, 3.63) is 22.2 Å². The van der Waals surface area contributed by atoms with E-state index in [9.17, 15) is 22.8 Å². The maximum absolute atomic E-state index is 13.1. The van der Waals surface area contributed by atoms with Crippen molar-refractivity contribution >= 4 is 41.7 Å². The number of aldehydes is 1. The third-order valence-corrected chi connectivity index (χ3v) is 5.86. The number of anilines is 1. The zero-order chi connectivity index (χ0) is 16.8. The fraction of sp³-hybridized carbons (Fsp3) is 0.429. The van der Waals surface area contributed by atoms with Crippen LogP contribution in [-0.4, -0.2) is 38.2 Å². The van der Waals surface area contributed by atoms with E-state index < -0.39 is 16.8 Å². The van der Waals surface area contributed by atoms with E-state index in [0.717, 1.165) is 11.8 Å². The molecule has 23 heavy (non-hydrogen) atoms. The molecule has 0 radical (unpaired) electrons. The maximum Gasteiger partial charge on any atom is 0.417 e. The van der Waals surface area contributed by atoms with Gasteiger partial charge in [0.25, 0.3) is 0 Å². The Kier molecular flexibility index (Phi) is 4.10. The number of rotatable bonds is 2. The number of carbonyl (C=O) groups is 2. The minimum absolute atomic E-state index is 0.111. The van der Waals surface area contributed by atoms with E-state index in [1.165, 1.54) is 4.90 Å². The van der Waals surface area contributed by atoms with Gasteiger partial charge in [0.2, 0.25) is 6.41 Å². The first-order valence-corrected chi connectivity index (χ1v) is 7.99. The van der Waals surface area contributed by atoms with E-state index in [-0.39, 0.29) is 28.1 Å². The van der Waals surface area contributed by atoms with E-state index in [1.807, 2.05) is 0 Å². The number of ether oxygens (including phenoxy) is 1. The molecule has 2 heterocycles. The summed E-state index contributed by atoms with van der Waals surface area (Å²) >= 11 is 7.09. The van der Waals surface area contributed by atoms with Gasteiger partial charge in [-0.25, -0.2) is 0 Å². The van der Waals surface area contributed by atoms with Gasteiger partial charge in [0.1, 0.15) is 0 Å². The largest absolute Gasteiger partial charge is 0.417 e. The highest BCUT2D eigenvalue weighted by Gasteiger charge is 2.45. The lowest BCUT2D eigenvalue weighted by molar-refractivity contribution is -0.137. The van der Waals surface area contributed by atoms with Crippen LogP contribution in [0.15, 0.2) is 11.0 Å². The van der Waals surface area contributed by atoms with E-state index >= 15 is 0 Å². The van der Waals surface area contributed by atoms with Crippen LogP contribution in [0.25, 0.3) is 0 Å². The van der Waals surface area contributed by atoms with Crippen molar-refractivity contribution in [3.8, 4) is 0 Å². The predicted molar refractivity (Wildman–Crippen MR) is 79.2 cm³/mol. The first-order valence-electron chi connectivity index (χ1n) is 6.63. The van der Waals surface area contributed by atoms with Gasteiger partial charge < -0.3 is 9.64 Å². The predicted octanol–water partition coefficient (Wildman–Crippen LogP) is 3.26. The topological polar surface area (TPSA) is 46.6 Å². The van der Waals surface area contributed by atoms with Crippen LogP contribution in [0.3, 0.4) is 0 Å². The van der Waals surface area contributed by atoms with Gasteiger partial charge in [-0.2, -0.15) is 13.2 Å². The number of alkyl halides is 3. The second kappa shape index (κ2) is 5.68. The molecule has 0 saturated carbocycles. The molecule has 0 unspecified atom stereocenters. The molecule has 3 rings (SSSR count). The van der Waals surface area contributed by atoms with E-state index in [0.29, 0.717) is 37.7 Å². The average molecular weight is 366 g/mol. The van der Waals surface area contributed by atoms with Crippen molar-refractivity contribution in [2.24, 2.45) is 5.41 Å². The van der Waals surface area contributed by atoms with E-state index in [2.05, 4.69) is 0 Å². The van der Waals surface area contributed by atoms with Gasteiger partial charge in [-0.15, -0.1) is 11.8 Å². The fourth-order valence-electron chi connectivity index (χ4n) is 2.74.